The molecule has 1 aromatic rings. The van der Waals surface area contributed by atoms with Gasteiger partial charge in [0.05, 0.1) is 5.41 Å². The van der Waals surface area contributed by atoms with Crippen molar-refractivity contribution in [3.63, 3.8) is 0 Å². The molecule has 1 aromatic carbocycles. The van der Waals surface area contributed by atoms with Crippen molar-refractivity contribution in [2.24, 2.45) is 11.3 Å². The highest BCUT2D eigenvalue weighted by Gasteiger charge is 2.49. The Balaban J connectivity index is 1.42. The Morgan fingerprint density at radius 2 is 1.92 bits per heavy atom. The molecule has 0 N–H and O–H groups in total. The number of benzene rings is 1. The maximum Gasteiger partial charge on any atom is 0.230 e. The first-order chi connectivity index (χ1) is 12.1. The third-order valence-electron chi connectivity index (χ3n) is 5.98. The van der Waals surface area contributed by atoms with Crippen LogP contribution < -0.4 is 0 Å². The van der Waals surface area contributed by atoms with E-state index in [1.165, 1.54) is 25.0 Å². The molecule has 1 aliphatic carbocycles. The van der Waals surface area contributed by atoms with Crippen LogP contribution in [0, 0.1) is 17.2 Å². The molecular formula is C20H25FN2O2. The van der Waals surface area contributed by atoms with E-state index in [0.717, 1.165) is 31.4 Å². The molecule has 0 unspecified atom stereocenters. The van der Waals surface area contributed by atoms with E-state index >= 15 is 0 Å². The predicted octanol–water partition coefficient (Wildman–Crippen LogP) is 2.97. The minimum absolute atomic E-state index is 0.171. The number of hydrogen-bond donors (Lipinski definition) is 0. The third kappa shape index (κ3) is 3.42. The first-order valence-electron chi connectivity index (χ1n) is 9.37. The summed E-state index contributed by atoms with van der Waals surface area (Å²) in [5.74, 6) is 0.722. The lowest BCUT2D eigenvalue weighted by Crippen LogP contribution is -2.50. The zero-order valence-electron chi connectivity index (χ0n) is 14.5. The number of amides is 2. The number of likely N-dealkylation sites (tertiary alicyclic amines) is 2. The van der Waals surface area contributed by atoms with E-state index in [1.54, 1.807) is 12.1 Å². The summed E-state index contributed by atoms with van der Waals surface area (Å²) in [7, 11) is 0. The van der Waals surface area contributed by atoms with E-state index in [0.29, 0.717) is 32.0 Å². The van der Waals surface area contributed by atoms with E-state index in [1.807, 2.05) is 9.80 Å². The van der Waals surface area contributed by atoms with Crippen molar-refractivity contribution >= 4 is 11.8 Å². The number of halogens is 1. The number of piperidine rings is 1. The average molecular weight is 344 g/mol. The molecule has 134 valence electrons. The van der Waals surface area contributed by atoms with Gasteiger partial charge >= 0.3 is 0 Å². The van der Waals surface area contributed by atoms with Crippen LogP contribution in [0.5, 0.6) is 0 Å². The summed E-state index contributed by atoms with van der Waals surface area (Å²) in [6.45, 7) is 2.56. The molecule has 0 bridgehead atoms. The third-order valence-corrected chi connectivity index (χ3v) is 5.98. The fourth-order valence-electron chi connectivity index (χ4n) is 4.28. The molecule has 4 rings (SSSR count). The van der Waals surface area contributed by atoms with Gasteiger partial charge in [-0.3, -0.25) is 9.59 Å². The van der Waals surface area contributed by atoms with Crippen molar-refractivity contribution in [1.29, 1.82) is 0 Å². The lowest BCUT2D eigenvalue weighted by Gasteiger charge is -2.39. The summed E-state index contributed by atoms with van der Waals surface area (Å²) in [6, 6.07) is 6.36. The van der Waals surface area contributed by atoms with Crippen LogP contribution in [0.3, 0.4) is 0 Å². The largest absolute Gasteiger partial charge is 0.342 e. The quantitative estimate of drug-likeness (QED) is 0.842. The van der Waals surface area contributed by atoms with Crippen molar-refractivity contribution in [3.05, 3.63) is 35.6 Å². The molecule has 0 radical (unpaired) electrons. The summed E-state index contributed by atoms with van der Waals surface area (Å²) in [4.78, 5) is 29.3. The molecule has 4 nitrogen and oxygen atoms in total. The Hall–Kier alpha value is -1.91. The minimum Gasteiger partial charge on any atom is -0.342 e. The average Bonchev–Trinajstić information content (AvgIpc) is 3.31. The second-order valence-corrected chi connectivity index (χ2v) is 7.95. The highest BCUT2D eigenvalue weighted by atomic mass is 19.1. The van der Waals surface area contributed by atoms with Crippen molar-refractivity contribution in [2.75, 3.05) is 19.6 Å². The fraction of sp³-hybridized carbons (Fsp3) is 0.600. The first-order valence-corrected chi connectivity index (χ1v) is 9.37. The second kappa shape index (κ2) is 6.43. The van der Waals surface area contributed by atoms with Crippen LogP contribution >= 0.6 is 0 Å². The van der Waals surface area contributed by atoms with Gasteiger partial charge in [-0.2, -0.15) is 0 Å². The van der Waals surface area contributed by atoms with Crippen LogP contribution in [0.4, 0.5) is 4.39 Å². The highest BCUT2D eigenvalue weighted by Crippen LogP contribution is 2.41. The van der Waals surface area contributed by atoms with Gasteiger partial charge in [0.2, 0.25) is 11.8 Å². The summed E-state index contributed by atoms with van der Waals surface area (Å²) in [6.07, 6.45) is 5.63. The smallest absolute Gasteiger partial charge is 0.230 e. The van der Waals surface area contributed by atoms with E-state index in [4.69, 9.17) is 0 Å². The van der Waals surface area contributed by atoms with Gasteiger partial charge in [-0.05, 0) is 55.7 Å². The lowest BCUT2D eigenvalue weighted by molar-refractivity contribution is -0.146. The van der Waals surface area contributed by atoms with Crippen LogP contribution in [-0.4, -0.2) is 41.2 Å². The monoisotopic (exact) mass is 344 g/mol. The zero-order valence-corrected chi connectivity index (χ0v) is 14.5. The molecular weight excluding hydrogens is 319 g/mol. The van der Waals surface area contributed by atoms with Crippen LogP contribution in [0.25, 0.3) is 0 Å². The molecule has 0 aromatic heterocycles. The van der Waals surface area contributed by atoms with E-state index in [2.05, 4.69) is 0 Å². The van der Waals surface area contributed by atoms with E-state index < -0.39 is 5.41 Å². The molecule has 2 aliphatic heterocycles. The standard InChI is InChI=1S/C20H25FN2O2/c21-17-6-4-16(5-7-17)13-22-10-1-8-20(19(22)25)9-11-23(14-20)18(24)12-15-2-3-15/h4-7,15H,1-3,8-14H2/t20-/m0/s1. The van der Waals surface area contributed by atoms with Crippen LogP contribution in [0.2, 0.25) is 0 Å². The Morgan fingerprint density at radius 3 is 2.64 bits per heavy atom. The molecule has 1 spiro atoms. The van der Waals surface area contributed by atoms with Crippen molar-refractivity contribution < 1.29 is 14.0 Å². The van der Waals surface area contributed by atoms with Gasteiger partial charge < -0.3 is 9.80 Å². The van der Waals surface area contributed by atoms with Crippen molar-refractivity contribution in [1.82, 2.24) is 9.80 Å². The molecule has 3 aliphatic rings. The number of hydrogen-bond acceptors (Lipinski definition) is 2. The van der Waals surface area contributed by atoms with Gasteiger partial charge in [0, 0.05) is 32.6 Å². The molecule has 1 saturated carbocycles. The Bertz CT molecular complexity index is 671. The molecule has 3 fully saturated rings. The molecule has 5 heteroatoms. The van der Waals surface area contributed by atoms with E-state index in [-0.39, 0.29) is 17.6 Å². The molecule has 2 amide bonds. The topological polar surface area (TPSA) is 40.6 Å². The van der Waals surface area contributed by atoms with Gasteiger partial charge in [-0.1, -0.05) is 12.1 Å². The Labute approximate surface area is 148 Å². The lowest BCUT2D eigenvalue weighted by atomic mass is 9.78. The molecule has 25 heavy (non-hydrogen) atoms. The van der Waals surface area contributed by atoms with Crippen LogP contribution in [-0.2, 0) is 16.1 Å². The predicted molar refractivity (Wildman–Crippen MR) is 92.0 cm³/mol. The minimum atomic E-state index is -0.391. The van der Waals surface area contributed by atoms with Gasteiger partial charge in [-0.15, -0.1) is 0 Å². The second-order valence-electron chi connectivity index (χ2n) is 7.95. The Kier molecular flexibility index (Phi) is 4.26. The highest BCUT2D eigenvalue weighted by molar-refractivity contribution is 5.86. The maximum atomic E-state index is 13.1. The SMILES string of the molecule is O=C(CC1CC1)N1CC[C@@]2(CCCN(Cc3ccc(F)cc3)C2=O)C1. The van der Waals surface area contributed by atoms with E-state index in [9.17, 15) is 14.0 Å². The van der Waals surface area contributed by atoms with Gasteiger partial charge in [0.15, 0.2) is 0 Å². The molecule has 2 saturated heterocycles. The maximum absolute atomic E-state index is 13.1. The Morgan fingerprint density at radius 1 is 1.16 bits per heavy atom. The number of carbonyl (C=O) groups is 2. The molecule has 2 heterocycles. The van der Waals surface area contributed by atoms with Crippen molar-refractivity contribution in [2.45, 2.75) is 45.1 Å². The first kappa shape index (κ1) is 16.6. The summed E-state index contributed by atoms with van der Waals surface area (Å²) >= 11 is 0. The summed E-state index contributed by atoms with van der Waals surface area (Å²) in [5.41, 5.74) is 0.559. The van der Waals surface area contributed by atoms with Crippen LogP contribution in [0.15, 0.2) is 24.3 Å². The summed E-state index contributed by atoms with van der Waals surface area (Å²) in [5, 5.41) is 0. The van der Waals surface area contributed by atoms with Crippen LogP contribution in [0.1, 0.15) is 44.1 Å². The van der Waals surface area contributed by atoms with Gasteiger partial charge in [-0.25, -0.2) is 4.39 Å². The number of rotatable bonds is 4. The normalized spacial score (nSPS) is 26.5. The van der Waals surface area contributed by atoms with Crippen molar-refractivity contribution in [3.8, 4) is 0 Å². The summed E-state index contributed by atoms with van der Waals surface area (Å²) < 4.78 is 13.1. The zero-order chi connectivity index (χ0) is 17.4. The molecule has 1 atom stereocenters. The number of nitrogens with zero attached hydrogens (tertiary/aromatic N) is 2. The van der Waals surface area contributed by atoms with Gasteiger partial charge in [0.1, 0.15) is 5.82 Å². The number of carbonyl (C=O) groups excluding carboxylic acids is 2. The van der Waals surface area contributed by atoms with Gasteiger partial charge in [0.25, 0.3) is 0 Å². The fourth-order valence-corrected chi connectivity index (χ4v) is 4.28.